The van der Waals surface area contributed by atoms with Crippen LogP contribution in [-0.4, -0.2) is 23.6 Å². The second kappa shape index (κ2) is 3.24. The Labute approximate surface area is 87.1 Å². The number of likely N-dealkylation sites (N-methyl/N-ethyl adjacent to an activating group) is 1. The monoisotopic (exact) mass is 365 g/mol. The summed E-state index contributed by atoms with van der Waals surface area (Å²) in [5.74, 6) is 0. The molecule has 0 N–H and O–H groups in total. The SMILES string of the molecule is C=CC1(C)CN(C)[I-]N1I. The van der Waals surface area contributed by atoms with E-state index in [4.69, 9.17) is 0 Å². The molecule has 0 aliphatic carbocycles. The van der Waals surface area contributed by atoms with Crippen molar-refractivity contribution < 1.29 is 21.8 Å². The Morgan fingerprint density at radius 2 is 2.40 bits per heavy atom. The third-order valence-corrected chi connectivity index (χ3v) is 6.31. The van der Waals surface area contributed by atoms with Gasteiger partial charge in [-0.2, -0.15) is 0 Å². The molecular formula is C6H11I2N2-. The fourth-order valence-electron chi connectivity index (χ4n) is 0.854. The summed E-state index contributed by atoms with van der Waals surface area (Å²) in [6, 6.07) is 0. The zero-order valence-electron chi connectivity index (χ0n) is 6.14. The van der Waals surface area contributed by atoms with E-state index in [0.717, 1.165) is 6.54 Å². The Bertz CT molecular complexity index is 151. The van der Waals surface area contributed by atoms with Crippen LogP contribution in [0.2, 0.25) is 0 Å². The van der Waals surface area contributed by atoms with Crippen LogP contribution in [0.5, 0.6) is 0 Å². The van der Waals surface area contributed by atoms with Gasteiger partial charge in [-0.15, -0.1) is 0 Å². The minimum absolute atomic E-state index is 0.103. The molecule has 0 aromatic rings. The molecule has 1 heterocycles. The molecule has 0 aromatic carbocycles. The van der Waals surface area contributed by atoms with Crippen LogP contribution in [0.4, 0.5) is 0 Å². The number of hydrogen-bond acceptors (Lipinski definition) is 2. The molecule has 1 fully saturated rings. The summed E-state index contributed by atoms with van der Waals surface area (Å²) < 4.78 is 4.78. The zero-order chi connectivity index (χ0) is 7.78. The van der Waals surface area contributed by atoms with Gasteiger partial charge >= 0.3 is 87.8 Å². The van der Waals surface area contributed by atoms with Gasteiger partial charge < -0.3 is 0 Å². The van der Waals surface area contributed by atoms with Crippen molar-refractivity contribution in [1.82, 2.24) is 4.44 Å². The molecule has 0 aromatic heterocycles. The van der Waals surface area contributed by atoms with Crippen LogP contribution in [0.1, 0.15) is 6.92 Å². The summed E-state index contributed by atoms with van der Waals surface area (Å²) in [5.41, 5.74) is 0.225. The van der Waals surface area contributed by atoms with Gasteiger partial charge in [0.05, 0.1) is 0 Å². The molecule has 0 amide bonds. The predicted octanol–water partition coefficient (Wildman–Crippen LogP) is -1.55. The summed E-state index contributed by atoms with van der Waals surface area (Å²) in [6.07, 6.45) is 2.04. The molecule has 1 saturated heterocycles. The van der Waals surface area contributed by atoms with Crippen molar-refractivity contribution in [1.29, 1.82) is 0 Å². The Kier molecular flexibility index (Phi) is 2.98. The Morgan fingerprint density at radius 1 is 1.80 bits per heavy atom. The van der Waals surface area contributed by atoms with Crippen LogP contribution in [0.3, 0.4) is 0 Å². The van der Waals surface area contributed by atoms with E-state index in [0.29, 0.717) is 0 Å². The first kappa shape index (κ1) is 9.21. The van der Waals surface area contributed by atoms with E-state index in [1.54, 1.807) is 0 Å². The van der Waals surface area contributed by atoms with Crippen LogP contribution >= 0.6 is 22.9 Å². The van der Waals surface area contributed by atoms with Crippen LogP contribution in [0.15, 0.2) is 12.7 Å². The van der Waals surface area contributed by atoms with Gasteiger partial charge in [0, 0.05) is 0 Å². The fourth-order valence-corrected chi connectivity index (χ4v) is 5.40. The molecule has 0 bridgehead atoms. The summed E-state index contributed by atoms with van der Waals surface area (Å²) >= 11 is 2.50. The second-order valence-electron chi connectivity index (χ2n) is 2.63. The fraction of sp³-hybridized carbons (Fsp3) is 0.667. The van der Waals surface area contributed by atoms with Crippen molar-refractivity contribution in [2.24, 2.45) is 0 Å². The quantitative estimate of drug-likeness (QED) is 0.316. The summed E-state index contributed by atoms with van der Waals surface area (Å²) in [7, 11) is 2.17. The molecule has 1 rings (SSSR count). The Morgan fingerprint density at radius 3 is 2.60 bits per heavy atom. The van der Waals surface area contributed by atoms with E-state index in [1.165, 1.54) is 0 Å². The molecular weight excluding hydrogens is 354 g/mol. The summed E-state index contributed by atoms with van der Waals surface area (Å²) in [5, 5.41) is 0. The van der Waals surface area contributed by atoms with Crippen molar-refractivity contribution in [3.8, 4) is 0 Å². The second-order valence-corrected chi connectivity index (χ2v) is 8.49. The van der Waals surface area contributed by atoms with Gasteiger partial charge in [0.25, 0.3) is 0 Å². The normalized spacial score (nSPS) is 37.5. The van der Waals surface area contributed by atoms with Gasteiger partial charge in [-0.25, -0.2) is 0 Å². The minimum atomic E-state index is 0.103. The van der Waals surface area contributed by atoms with E-state index in [1.807, 2.05) is 6.08 Å². The molecule has 0 radical (unpaired) electrons. The summed E-state index contributed by atoms with van der Waals surface area (Å²) in [4.78, 5) is 0. The van der Waals surface area contributed by atoms with Crippen LogP contribution in [0, 0.1) is 0 Å². The van der Waals surface area contributed by atoms with Gasteiger partial charge in [0.2, 0.25) is 0 Å². The van der Waals surface area contributed by atoms with Crippen LogP contribution in [-0.2, 0) is 0 Å². The number of hydrogen-bond donors (Lipinski definition) is 0. The molecule has 1 atom stereocenters. The molecule has 60 valence electrons. The van der Waals surface area contributed by atoms with Crippen molar-refractivity contribution in [3.63, 3.8) is 0 Å². The van der Waals surface area contributed by atoms with Gasteiger partial charge in [0.15, 0.2) is 0 Å². The molecule has 1 unspecified atom stereocenters. The topological polar surface area (TPSA) is 6.48 Å². The molecule has 10 heavy (non-hydrogen) atoms. The molecule has 0 spiro atoms. The van der Waals surface area contributed by atoms with Crippen molar-refractivity contribution in [2.75, 3.05) is 13.6 Å². The van der Waals surface area contributed by atoms with Gasteiger partial charge in [-0.1, -0.05) is 0 Å². The molecule has 1 aliphatic rings. The molecule has 1 aliphatic heterocycles. The number of nitrogens with zero attached hydrogens (tertiary/aromatic N) is 2. The van der Waals surface area contributed by atoms with E-state index < -0.39 is 0 Å². The molecule has 4 heteroatoms. The standard InChI is InChI=1S/C6H11I2N2/c1-4-6(2)5-9(3)8-10(6)7/h4H,1,5H2,2-3H3/q-1. The van der Waals surface area contributed by atoms with Crippen molar-refractivity contribution in [3.05, 3.63) is 12.7 Å². The zero-order valence-corrected chi connectivity index (χ0v) is 10.5. The maximum absolute atomic E-state index is 3.84. The first-order valence-electron chi connectivity index (χ1n) is 3.04. The number of halogens is 2. The number of rotatable bonds is 1. The van der Waals surface area contributed by atoms with E-state index in [-0.39, 0.29) is 27.3 Å². The maximum atomic E-state index is 3.84. The van der Waals surface area contributed by atoms with Crippen molar-refractivity contribution >= 4 is 22.9 Å². The van der Waals surface area contributed by atoms with Gasteiger partial charge in [0.1, 0.15) is 0 Å². The predicted molar refractivity (Wildman–Crippen MR) is 47.1 cm³/mol. The molecule has 2 nitrogen and oxygen atoms in total. The van der Waals surface area contributed by atoms with Gasteiger partial charge in [-0.05, 0) is 0 Å². The third kappa shape index (κ3) is 1.64. The average Bonchev–Trinajstić information content (AvgIpc) is 2.09. The van der Waals surface area contributed by atoms with Crippen LogP contribution < -0.4 is 21.8 Å². The molecule has 0 saturated carbocycles. The summed E-state index contributed by atoms with van der Waals surface area (Å²) in [6.45, 7) is 7.21. The Balaban J connectivity index is 2.70. The van der Waals surface area contributed by atoms with Gasteiger partial charge in [-0.3, -0.25) is 0 Å². The van der Waals surface area contributed by atoms with E-state index in [2.05, 4.69) is 47.9 Å². The van der Waals surface area contributed by atoms with Crippen molar-refractivity contribution in [2.45, 2.75) is 12.5 Å². The average molecular weight is 365 g/mol. The van der Waals surface area contributed by atoms with Crippen LogP contribution in [0.25, 0.3) is 0 Å². The third-order valence-electron chi connectivity index (χ3n) is 1.56. The first-order valence-corrected chi connectivity index (χ1v) is 5.94. The van der Waals surface area contributed by atoms with E-state index in [9.17, 15) is 0 Å². The van der Waals surface area contributed by atoms with E-state index >= 15 is 0 Å². The Hall–Kier alpha value is 1.12. The first-order chi connectivity index (χ1) is 4.58.